The van der Waals surface area contributed by atoms with Gasteiger partial charge in [0, 0.05) is 39.1 Å². The number of hydrogen-bond donors (Lipinski definition) is 1. The maximum atomic E-state index is 13.1. The van der Waals surface area contributed by atoms with Crippen molar-refractivity contribution in [1.29, 1.82) is 5.26 Å². The average molecular weight is 419 g/mol. The lowest BCUT2D eigenvalue weighted by atomic mass is 10.3. The Morgan fingerprint density at radius 1 is 1.06 bits per heavy atom. The second-order valence-corrected chi connectivity index (χ2v) is 7.37. The topological polar surface area (TPSA) is 86.4 Å². The Bertz CT molecular complexity index is 1050. The van der Waals surface area contributed by atoms with E-state index in [2.05, 4.69) is 21.2 Å². The van der Waals surface area contributed by atoms with Crippen molar-refractivity contribution in [3.63, 3.8) is 0 Å². The fourth-order valence-electron chi connectivity index (χ4n) is 3.73. The van der Waals surface area contributed by atoms with Crippen LogP contribution >= 0.6 is 0 Å². The van der Waals surface area contributed by atoms with E-state index in [4.69, 9.17) is 15.0 Å². The van der Waals surface area contributed by atoms with Gasteiger partial charge in [-0.1, -0.05) is 30.3 Å². The van der Waals surface area contributed by atoms with E-state index in [0.717, 1.165) is 49.5 Å². The van der Waals surface area contributed by atoms with Crippen LogP contribution < -0.4 is 15.0 Å². The molecular weight excluding hydrogens is 392 g/mol. The van der Waals surface area contributed by atoms with Crippen molar-refractivity contribution >= 4 is 23.0 Å². The van der Waals surface area contributed by atoms with Gasteiger partial charge in [0.1, 0.15) is 12.4 Å². The molecule has 31 heavy (non-hydrogen) atoms. The molecule has 1 aliphatic rings. The number of benzene rings is 2. The lowest BCUT2D eigenvalue weighted by Gasteiger charge is -2.34. The molecule has 0 unspecified atom stereocenters. The van der Waals surface area contributed by atoms with E-state index in [-0.39, 0.29) is 6.03 Å². The summed E-state index contributed by atoms with van der Waals surface area (Å²) in [5, 5.41) is 11.8. The molecule has 1 saturated heterocycles. The first-order valence-corrected chi connectivity index (χ1v) is 10.5. The summed E-state index contributed by atoms with van der Waals surface area (Å²) in [5.41, 5.74) is 1.57. The third kappa shape index (κ3) is 4.95. The van der Waals surface area contributed by atoms with E-state index in [1.165, 1.54) is 0 Å². The summed E-state index contributed by atoms with van der Waals surface area (Å²) in [6.45, 7) is 4.77. The first-order valence-electron chi connectivity index (χ1n) is 10.5. The molecule has 8 heteroatoms. The number of anilines is 1. The van der Waals surface area contributed by atoms with Gasteiger partial charge in [0.05, 0.1) is 23.6 Å². The Kier molecular flexibility index (Phi) is 6.65. The Morgan fingerprint density at radius 2 is 1.81 bits per heavy atom. The molecule has 2 aromatic carbocycles. The number of para-hydroxylation sites is 3. The second kappa shape index (κ2) is 9.96. The van der Waals surface area contributed by atoms with Crippen LogP contribution in [-0.2, 0) is 0 Å². The van der Waals surface area contributed by atoms with Gasteiger partial charge in [-0.05, 0) is 24.3 Å². The number of carbonyl (C=O) groups excluding carboxylic acids is 1. The summed E-state index contributed by atoms with van der Waals surface area (Å²) >= 11 is 0. The molecule has 0 bridgehead atoms. The van der Waals surface area contributed by atoms with Crippen LogP contribution in [0.2, 0.25) is 0 Å². The Balaban J connectivity index is 1.44. The second-order valence-electron chi connectivity index (χ2n) is 7.37. The zero-order chi connectivity index (χ0) is 21.5. The fourth-order valence-corrected chi connectivity index (χ4v) is 3.73. The van der Waals surface area contributed by atoms with Crippen LogP contribution in [0.25, 0.3) is 11.0 Å². The number of nitriles is 1. The summed E-state index contributed by atoms with van der Waals surface area (Å²) < 4.78 is 7.33. The number of nitrogens with one attached hydrogen (secondary N) is 1. The average Bonchev–Trinajstić information content (AvgIpc) is 3.21. The molecule has 0 saturated carbocycles. The predicted octanol–water partition coefficient (Wildman–Crippen LogP) is 2.71. The van der Waals surface area contributed by atoms with Crippen LogP contribution in [0.15, 0.2) is 54.6 Å². The maximum absolute atomic E-state index is 13.1. The largest absolute Gasteiger partial charge is 0.492 e. The summed E-state index contributed by atoms with van der Waals surface area (Å²) in [4.78, 5) is 22.2. The smallest absolute Gasteiger partial charge is 0.329 e. The SMILES string of the molecule is N#CCCN1CCN(c2nc3ccccc3n2C(=O)NCCOc2ccccc2)CC1. The Hall–Kier alpha value is -3.57. The minimum absolute atomic E-state index is 0.215. The third-order valence-electron chi connectivity index (χ3n) is 5.33. The highest BCUT2D eigenvalue weighted by Crippen LogP contribution is 2.23. The molecule has 4 rings (SSSR count). The minimum Gasteiger partial charge on any atom is -0.492 e. The molecule has 0 radical (unpaired) electrons. The highest BCUT2D eigenvalue weighted by Gasteiger charge is 2.24. The van der Waals surface area contributed by atoms with Crippen molar-refractivity contribution in [1.82, 2.24) is 19.8 Å². The summed E-state index contributed by atoms with van der Waals surface area (Å²) in [7, 11) is 0. The van der Waals surface area contributed by atoms with Gasteiger partial charge in [-0.3, -0.25) is 4.90 Å². The van der Waals surface area contributed by atoms with Gasteiger partial charge >= 0.3 is 6.03 Å². The highest BCUT2D eigenvalue weighted by atomic mass is 16.5. The van der Waals surface area contributed by atoms with Crippen molar-refractivity contribution in [2.24, 2.45) is 0 Å². The van der Waals surface area contributed by atoms with Crippen molar-refractivity contribution in [3.05, 3.63) is 54.6 Å². The van der Waals surface area contributed by atoms with Crippen molar-refractivity contribution in [2.45, 2.75) is 6.42 Å². The molecule has 0 atom stereocenters. The Labute approximate surface area is 181 Å². The normalized spacial score (nSPS) is 14.4. The minimum atomic E-state index is -0.215. The van der Waals surface area contributed by atoms with Crippen molar-refractivity contribution in [2.75, 3.05) is 50.8 Å². The summed E-state index contributed by atoms with van der Waals surface area (Å²) in [5.74, 6) is 1.43. The van der Waals surface area contributed by atoms with Crippen LogP contribution in [0.3, 0.4) is 0 Å². The number of aromatic nitrogens is 2. The van der Waals surface area contributed by atoms with E-state index in [0.29, 0.717) is 25.5 Å². The third-order valence-corrected chi connectivity index (χ3v) is 5.33. The number of hydrogen-bond acceptors (Lipinski definition) is 6. The summed E-state index contributed by atoms with van der Waals surface area (Å²) in [6, 6.07) is 19.2. The van der Waals surface area contributed by atoms with Crippen molar-refractivity contribution < 1.29 is 9.53 Å². The van der Waals surface area contributed by atoms with Crippen molar-refractivity contribution in [3.8, 4) is 11.8 Å². The van der Waals surface area contributed by atoms with Gasteiger partial charge in [-0.15, -0.1) is 0 Å². The standard InChI is InChI=1S/C23H26N6O2/c24-11-6-13-27-14-16-28(17-15-27)22-26-20-9-4-5-10-21(20)29(22)23(30)25-12-18-31-19-7-2-1-3-8-19/h1-5,7-10H,6,12-18H2,(H,25,30). The lowest BCUT2D eigenvalue weighted by molar-refractivity contribution is 0.237. The lowest BCUT2D eigenvalue weighted by Crippen LogP contribution is -2.48. The Morgan fingerprint density at radius 3 is 2.58 bits per heavy atom. The van der Waals surface area contributed by atoms with Gasteiger partial charge in [0.15, 0.2) is 0 Å². The monoisotopic (exact) mass is 418 g/mol. The zero-order valence-electron chi connectivity index (χ0n) is 17.4. The number of carbonyl (C=O) groups is 1. The zero-order valence-corrected chi connectivity index (χ0v) is 17.4. The maximum Gasteiger partial charge on any atom is 0.329 e. The van der Waals surface area contributed by atoms with E-state index in [1.807, 2.05) is 54.6 Å². The molecule has 3 aromatic rings. The first kappa shape index (κ1) is 20.7. The van der Waals surface area contributed by atoms with Gasteiger partial charge < -0.3 is 15.0 Å². The van der Waals surface area contributed by atoms with Gasteiger partial charge in [0.2, 0.25) is 5.95 Å². The number of imidazole rings is 1. The molecule has 1 fully saturated rings. The fraction of sp³-hybridized carbons (Fsp3) is 0.348. The van der Waals surface area contributed by atoms with Crippen LogP contribution in [0.5, 0.6) is 5.75 Å². The van der Waals surface area contributed by atoms with E-state index in [9.17, 15) is 4.79 Å². The molecule has 2 heterocycles. The molecule has 1 N–H and O–H groups in total. The molecular formula is C23H26N6O2. The van der Waals surface area contributed by atoms with E-state index < -0.39 is 0 Å². The number of rotatable bonds is 7. The molecule has 0 aliphatic carbocycles. The first-order chi connectivity index (χ1) is 15.3. The number of piperazine rings is 1. The number of ether oxygens (including phenoxy) is 1. The van der Waals surface area contributed by atoms with Gasteiger partial charge in [0.25, 0.3) is 0 Å². The summed E-state index contributed by atoms with van der Waals surface area (Å²) in [6.07, 6.45) is 0.534. The highest BCUT2D eigenvalue weighted by molar-refractivity contribution is 5.93. The predicted molar refractivity (Wildman–Crippen MR) is 119 cm³/mol. The molecule has 1 aromatic heterocycles. The molecule has 8 nitrogen and oxygen atoms in total. The van der Waals surface area contributed by atoms with Crippen LogP contribution in [0, 0.1) is 11.3 Å². The van der Waals surface area contributed by atoms with Crippen LogP contribution in [0.1, 0.15) is 6.42 Å². The van der Waals surface area contributed by atoms with Gasteiger partial charge in [-0.25, -0.2) is 14.3 Å². The quantitative estimate of drug-likeness (QED) is 0.594. The molecule has 160 valence electrons. The number of amides is 1. The molecule has 0 spiro atoms. The molecule has 1 aliphatic heterocycles. The van der Waals surface area contributed by atoms with Gasteiger partial charge in [-0.2, -0.15) is 5.26 Å². The number of nitrogens with zero attached hydrogens (tertiary/aromatic N) is 5. The van der Waals surface area contributed by atoms with Crippen LogP contribution in [0.4, 0.5) is 10.7 Å². The number of fused-ring (bicyclic) bond motifs is 1. The van der Waals surface area contributed by atoms with Crippen LogP contribution in [-0.4, -0.2) is 66.4 Å². The van der Waals surface area contributed by atoms with E-state index in [1.54, 1.807) is 4.57 Å². The van der Waals surface area contributed by atoms with E-state index >= 15 is 0 Å². The molecule has 1 amide bonds.